The van der Waals surface area contributed by atoms with E-state index < -0.39 is 0 Å². The Morgan fingerprint density at radius 3 is 3.00 bits per heavy atom. The second-order valence-corrected chi connectivity index (χ2v) is 7.72. The van der Waals surface area contributed by atoms with Crippen LogP contribution in [0.15, 0.2) is 18.2 Å². The van der Waals surface area contributed by atoms with E-state index >= 15 is 0 Å². The maximum absolute atomic E-state index is 6.54. The Labute approximate surface area is 130 Å². The molecular weight excluding hydrogens is 290 g/mol. The van der Waals surface area contributed by atoms with Gasteiger partial charge in [-0.15, -0.1) is 0 Å². The van der Waals surface area contributed by atoms with E-state index in [9.17, 15) is 0 Å². The molecule has 0 aliphatic carbocycles. The van der Waals surface area contributed by atoms with E-state index in [0.717, 1.165) is 30.2 Å². The average molecular weight is 312 g/mol. The van der Waals surface area contributed by atoms with Gasteiger partial charge in [0, 0.05) is 23.4 Å². The first kappa shape index (κ1) is 14.7. The predicted molar refractivity (Wildman–Crippen MR) is 86.5 cm³/mol. The standard InChI is InChI=1S/C16H22ClNOS/c1-11-6-13(8-14(17)7-11)15(18)12-2-4-19-16(9-12)3-5-20-10-16/h6-8,12,15H,2-5,9-10,18H2,1H3. The summed E-state index contributed by atoms with van der Waals surface area (Å²) in [7, 11) is 0. The van der Waals surface area contributed by atoms with Crippen LogP contribution in [0, 0.1) is 12.8 Å². The van der Waals surface area contributed by atoms with Crippen LogP contribution in [0.2, 0.25) is 5.02 Å². The van der Waals surface area contributed by atoms with Crippen molar-refractivity contribution in [3.63, 3.8) is 0 Å². The van der Waals surface area contributed by atoms with Gasteiger partial charge in [-0.1, -0.05) is 17.7 Å². The summed E-state index contributed by atoms with van der Waals surface area (Å²) < 4.78 is 6.09. The largest absolute Gasteiger partial charge is 0.374 e. The summed E-state index contributed by atoms with van der Waals surface area (Å²) in [6, 6.07) is 6.24. The zero-order valence-corrected chi connectivity index (χ0v) is 13.5. The summed E-state index contributed by atoms with van der Waals surface area (Å²) in [5.74, 6) is 2.85. The highest BCUT2D eigenvalue weighted by atomic mass is 35.5. The number of thioether (sulfide) groups is 1. The average Bonchev–Trinajstić information content (AvgIpc) is 2.85. The third-order valence-corrected chi connectivity index (χ3v) is 6.00. The van der Waals surface area contributed by atoms with Crippen LogP contribution in [0.3, 0.4) is 0 Å². The molecule has 3 atom stereocenters. The summed E-state index contributed by atoms with van der Waals surface area (Å²) in [5, 5.41) is 0.786. The minimum atomic E-state index is 0.0683. The number of hydrogen-bond donors (Lipinski definition) is 1. The van der Waals surface area contributed by atoms with Gasteiger partial charge in [-0.05, 0) is 61.1 Å². The Balaban J connectivity index is 1.77. The summed E-state index contributed by atoms with van der Waals surface area (Å²) in [4.78, 5) is 0. The number of halogens is 1. The van der Waals surface area contributed by atoms with E-state index in [4.69, 9.17) is 22.1 Å². The zero-order chi connectivity index (χ0) is 14.2. The van der Waals surface area contributed by atoms with Crippen molar-refractivity contribution in [1.82, 2.24) is 0 Å². The molecule has 2 N–H and O–H groups in total. The van der Waals surface area contributed by atoms with Crippen LogP contribution in [-0.2, 0) is 4.74 Å². The molecule has 110 valence electrons. The highest BCUT2D eigenvalue weighted by Crippen LogP contribution is 2.43. The Bertz CT molecular complexity index is 467. The summed E-state index contributed by atoms with van der Waals surface area (Å²) in [6.45, 7) is 2.92. The van der Waals surface area contributed by atoms with Crippen LogP contribution >= 0.6 is 23.4 Å². The Morgan fingerprint density at radius 2 is 2.30 bits per heavy atom. The Kier molecular flexibility index (Phi) is 4.32. The minimum absolute atomic E-state index is 0.0683. The monoisotopic (exact) mass is 311 g/mol. The van der Waals surface area contributed by atoms with Crippen LogP contribution in [-0.4, -0.2) is 23.7 Å². The smallest absolute Gasteiger partial charge is 0.0783 e. The van der Waals surface area contributed by atoms with E-state index in [1.807, 2.05) is 23.9 Å². The van der Waals surface area contributed by atoms with Gasteiger partial charge in [0.2, 0.25) is 0 Å². The molecule has 2 saturated heterocycles. The lowest BCUT2D eigenvalue weighted by Crippen LogP contribution is -2.42. The second-order valence-electron chi connectivity index (χ2n) is 6.17. The molecule has 2 aliphatic rings. The van der Waals surface area contributed by atoms with Crippen molar-refractivity contribution in [2.75, 3.05) is 18.1 Å². The van der Waals surface area contributed by atoms with Crippen LogP contribution in [0.5, 0.6) is 0 Å². The molecular formula is C16H22ClNOS. The summed E-state index contributed by atoms with van der Waals surface area (Å²) in [6.07, 6.45) is 3.32. The molecule has 4 heteroatoms. The van der Waals surface area contributed by atoms with Gasteiger partial charge in [0.15, 0.2) is 0 Å². The van der Waals surface area contributed by atoms with Gasteiger partial charge in [0.25, 0.3) is 0 Å². The molecule has 2 heterocycles. The summed E-state index contributed by atoms with van der Waals surface area (Å²) >= 11 is 8.18. The van der Waals surface area contributed by atoms with Crippen molar-refractivity contribution in [3.8, 4) is 0 Å². The molecule has 2 aliphatic heterocycles. The predicted octanol–water partition coefficient (Wildman–Crippen LogP) is 3.95. The molecule has 3 rings (SSSR count). The molecule has 0 amide bonds. The number of hydrogen-bond acceptors (Lipinski definition) is 3. The van der Waals surface area contributed by atoms with E-state index in [1.165, 1.54) is 23.3 Å². The second kappa shape index (κ2) is 5.88. The van der Waals surface area contributed by atoms with Crippen molar-refractivity contribution in [2.45, 2.75) is 37.8 Å². The molecule has 2 nitrogen and oxygen atoms in total. The number of ether oxygens (including phenoxy) is 1. The highest BCUT2D eigenvalue weighted by Gasteiger charge is 2.42. The first-order chi connectivity index (χ1) is 9.58. The van der Waals surface area contributed by atoms with Crippen LogP contribution in [0.1, 0.15) is 36.4 Å². The van der Waals surface area contributed by atoms with Gasteiger partial charge in [0.05, 0.1) is 5.60 Å². The maximum atomic E-state index is 6.54. The third-order valence-electron chi connectivity index (χ3n) is 4.56. The molecule has 0 aromatic heterocycles. The molecule has 3 unspecified atom stereocenters. The van der Waals surface area contributed by atoms with Gasteiger partial charge in [0.1, 0.15) is 0 Å². The lowest BCUT2D eigenvalue weighted by atomic mass is 9.79. The van der Waals surface area contributed by atoms with Gasteiger partial charge in [-0.25, -0.2) is 0 Å². The van der Waals surface area contributed by atoms with Gasteiger partial charge < -0.3 is 10.5 Å². The Morgan fingerprint density at radius 1 is 1.45 bits per heavy atom. The molecule has 2 fully saturated rings. The highest BCUT2D eigenvalue weighted by molar-refractivity contribution is 7.99. The fourth-order valence-corrected chi connectivity index (χ4v) is 5.14. The fraction of sp³-hybridized carbons (Fsp3) is 0.625. The van der Waals surface area contributed by atoms with Gasteiger partial charge in [-0.2, -0.15) is 11.8 Å². The van der Waals surface area contributed by atoms with Crippen molar-refractivity contribution in [3.05, 3.63) is 34.3 Å². The van der Waals surface area contributed by atoms with Crippen molar-refractivity contribution < 1.29 is 4.74 Å². The topological polar surface area (TPSA) is 35.2 Å². The van der Waals surface area contributed by atoms with E-state index in [-0.39, 0.29) is 11.6 Å². The number of rotatable bonds is 2. The molecule has 0 radical (unpaired) electrons. The lowest BCUT2D eigenvalue weighted by molar-refractivity contribution is -0.0834. The Hall–Kier alpha value is -0.220. The molecule has 1 spiro atoms. The zero-order valence-electron chi connectivity index (χ0n) is 11.9. The van der Waals surface area contributed by atoms with Crippen molar-refractivity contribution >= 4 is 23.4 Å². The van der Waals surface area contributed by atoms with Gasteiger partial charge in [-0.3, -0.25) is 0 Å². The number of benzene rings is 1. The quantitative estimate of drug-likeness (QED) is 0.898. The fourth-order valence-electron chi connectivity index (χ4n) is 3.46. The first-order valence-corrected chi connectivity index (χ1v) is 8.86. The van der Waals surface area contributed by atoms with Gasteiger partial charge >= 0.3 is 0 Å². The lowest BCUT2D eigenvalue weighted by Gasteiger charge is -2.40. The molecule has 0 saturated carbocycles. The van der Waals surface area contributed by atoms with E-state index in [1.54, 1.807) is 0 Å². The van der Waals surface area contributed by atoms with E-state index in [2.05, 4.69) is 13.0 Å². The number of nitrogens with two attached hydrogens (primary N) is 1. The number of aryl methyl sites for hydroxylation is 1. The van der Waals surface area contributed by atoms with Crippen LogP contribution in [0.4, 0.5) is 0 Å². The maximum Gasteiger partial charge on any atom is 0.0783 e. The molecule has 20 heavy (non-hydrogen) atoms. The first-order valence-electron chi connectivity index (χ1n) is 7.32. The van der Waals surface area contributed by atoms with Crippen LogP contribution < -0.4 is 5.73 Å². The van der Waals surface area contributed by atoms with E-state index in [0.29, 0.717) is 5.92 Å². The van der Waals surface area contributed by atoms with Crippen LogP contribution in [0.25, 0.3) is 0 Å². The normalized spacial score (nSPS) is 31.6. The van der Waals surface area contributed by atoms with Crippen molar-refractivity contribution in [1.29, 1.82) is 0 Å². The molecule has 0 bridgehead atoms. The third kappa shape index (κ3) is 3.01. The minimum Gasteiger partial charge on any atom is -0.374 e. The van der Waals surface area contributed by atoms with Crippen molar-refractivity contribution in [2.24, 2.45) is 11.7 Å². The SMILES string of the molecule is Cc1cc(Cl)cc(C(N)C2CCOC3(CCSC3)C2)c1. The molecule has 1 aromatic rings. The molecule has 1 aromatic carbocycles. The summed E-state index contributed by atoms with van der Waals surface area (Å²) in [5.41, 5.74) is 8.98.